The predicted molar refractivity (Wildman–Crippen MR) is 120 cm³/mol. The predicted octanol–water partition coefficient (Wildman–Crippen LogP) is 5.63. The molecule has 1 saturated carbocycles. The largest absolute Gasteiger partial charge is 0.461 e. The zero-order valence-electron chi connectivity index (χ0n) is 18.3. The summed E-state index contributed by atoms with van der Waals surface area (Å²) in [4.78, 5) is 17.8. The van der Waals surface area contributed by atoms with E-state index in [0.717, 1.165) is 29.7 Å². The molecule has 1 aliphatic carbocycles. The molecule has 1 fully saturated rings. The second-order valence-corrected chi connectivity index (χ2v) is 9.12. The van der Waals surface area contributed by atoms with Crippen molar-refractivity contribution in [2.24, 2.45) is 17.8 Å². The molecule has 0 aliphatic heterocycles. The molecule has 0 spiro atoms. The van der Waals surface area contributed by atoms with Crippen LogP contribution in [0.1, 0.15) is 51.4 Å². The number of imidazole rings is 1. The fourth-order valence-electron chi connectivity index (χ4n) is 4.80. The van der Waals surface area contributed by atoms with Crippen molar-refractivity contribution >= 4 is 17.0 Å². The molecule has 4 rings (SSSR count). The summed E-state index contributed by atoms with van der Waals surface area (Å²) in [5.41, 5.74) is 3.09. The van der Waals surface area contributed by atoms with E-state index >= 15 is 0 Å². The SMILES string of the molecule is CC(C)[C@@H]1CC[C@@H](C)CC1OC(=O)Cn1c(Cc2ccccc2)nc2ccccc21. The van der Waals surface area contributed by atoms with Gasteiger partial charge in [0, 0.05) is 6.42 Å². The quantitative estimate of drug-likeness (QED) is 0.500. The van der Waals surface area contributed by atoms with Gasteiger partial charge in [-0.3, -0.25) is 4.79 Å². The summed E-state index contributed by atoms with van der Waals surface area (Å²) in [5, 5.41) is 0. The third-order valence-electron chi connectivity index (χ3n) is 6.47. The van der Waals surface area contributed by atoms with E-state index in [1.165, 1.54) is 12.0 Å². The van der Waals surface area contributed by atoms with Gasteiger partial charge in [0.15, 0.2) is 0 Å². The molecule has 4 heteroatoms. The van der Waals surface area contributed by atoms with Crippen LogP contribution in [0.25, 0.3) is 11.0 Å². The fraction of sp³-hybridized carbons (Fsp3) is 0.462. The lowest BCUT2D eigenvalue weighted by atomic mass is 9.75. The molecule has 1 aliphatic rings. The maximum Gasteiger partial charge on any atom is 0.326 e. The molecule has 0 N–H and O–H groups in total. The van der Waals surface area contributed by atoms with Crippen LogP contribution >= 0.6 is 0 Å². The molecule has 0 radical (unpaired) electrons. The number of esters is 1. The summed E-state index contributed by atoms with van der Waals surface area (Å²) in [7, 11) is 0. The number of fused-ring (bicyclic) bond motifs is 1. The zero-order chi connectivity index (χ0) is 21.1. The molecule has 30 heavy (non-hydrogen) atoms. The first-order chi connectivity index (χ1) is 14.5. The number of carbonyl (C=O) groups excluding carboxylic acids is 1. The third-order valence-corrected chi connectivity index (χ3v) is 6.47. The van der Waals surface area contributed by atoms with E-state index in [1.807, 2.05) is 47.0 Å². The Labute approximate surface area is 179 Å². The maximum absolute atomic E-state index is 13.0. The Balaban J connectivity index is 1.56. The molecular weight excluding hydrogens is 372 g/mol. The Morgan fingerprint density at radius 3 is 2.60 bits per heavy atom. The van der Waals surface area contributed by atoms with Crippen LogP contribution in [0.15, 0.2) is 54.6 Å². The van der Waals surface area contributed by atoms with Crippen molar-refractivity contribution in [3.63, 3.8) is 0 Å². The Hall–Kier alpha value is -2.62. The minimum absolute atomic E-state index is 0.0219. The summed E-state index contributed by atoms with van der Waals surface area (Å²) in [6, 6.07) is 18.3. The van der Waals surface area contributed by atoms with Crippen LogP contribution in [0.2, 0.25) is 0 Å². The minimum Gasteiger partial charge on any atom is -0.461 e. The number of ether oxygens (including phenoxy) is 1. The summed E-state index contributed by atoms with van der Waals surface area (Å²) >= 11 is 0. The average Bonchev–Trinajstić information content (AvgIpc) is 3.05. The van der Waals surface area contributed by atoms with Crippen molar-refractivity contribution in [3.05, 3.63) is 66.0 Å². The van der Waals surface area contributed by atoms with E-state index in [4.69, 9.17) is 9.72 Å². The topological polar surface area (TPSA) is 44.1 Å². The number of nitrogens with zero attached hydrogens (tertiary/aromatic N) is 2. The van der Waals surface area contributed by atoms with Crippen molar-refractivity contribution in [2.75, 3.05) is 0 Å². The van der Waals surface area contributed by atoms with E-state index in [9.17, 15) is 4.79 Å². The Kier molecular flexibility index (Phi) is 6.21. The highest BCUT2D eigenvalue weighted by atomic mass is 16.5. The van der Waals surface area contributed by atoms with Gasteiger partial charge in [0.2, 0.25) is 0 Å². The van der Waals surface area contributed by atoms with Crippen LogP contribution in [-0.4, -0.2) is 21.6 Å². The van der Waals surface area contributed by atoms with E-state index in [2.05, 4.69) is 32.9 Å². The summed E-state index contributed by atoms with van der Waals surface area (Å²) in [6.07, 6.45) is 4.05. The molecule has 0 amide bonds. The van der Waals surface area contributed by atoms with Crippen molar-refractivity contribution in [1.82, 2.24) is 9.55 Å². The molecular formula is C26H32N2O2. The molecule has 158 valence electrons. The van der Waals surface area contributed by atoms with Crippen LogP contribution in [0.3, 0.4) is 0 Å². The Morgan fingerprint density at radius 1 is 1.10 bits per heavy atom. The van der Waals surface area contributed by atoms with Gasteiger partial charge < -0.3 is 9.30 Å². The van der Waals surface area contributed by atoms with Gasteiger partial charge in [-0.05, 0) is 48.3 Å². The van der Waals surface area contributed by atoms with Crippen LogP contribution in [0.5, 0.6) is 0 Å². The fourth-order valence-corrected chi connectivity index (χ4v) is 4.80. The molecule has 1 aromatic heterocycles. The smallest absolute Gasteiger partial charge is 0.326 e. The standard InChI is InChI=1S/C26H32N2O2/c1-18(2)21-14-13-19(3)15-24(21)30-26(29)17-28-23-12-8-7-11-22(23)27-25(28)16-20-9-5-4-6-10-20/h4-12,18-19,21,24H,13-17H2,1-3H3/t19-,21+,24?/m1/s1. The minimum atomic E-state index is -0.155. The number of hydrogen-bond donors (Lipinski definition) is 0. The van der Waals surface area contributed by atoms with Gasteiger partial charge in [-0.25, -0.2) is 4.98 Å². The van der Waals surface area contributed by atoms with Crippen LogP contribution < -0.4 is 0 Å². The number of para-hydroxylation sites is 2. The highest BCUT2D eigenvalue weighted by Gasteiger charge is 2.33. The lowest BCUT2D eigenvalue weighted by Crippen LogP contribution is -2.36. The lowest BCUT2D eigenvalue weighted by Gasteiger charge is -2.36. The first-order valence-electron chi connectivity index (χ1n) is 11.2. The van der Waals surface area contributed by atoms with Gasteiger partial charge in [-0.1, -0.05) is 69.7 Å². The van der Waals surface area contributed by atoms with Gasteiger partial charge >= 0.3 is 5.97 Å². The lowest BCUT2D eigenvalue weighted by molar-refractivity contribution is -0.156. The Bertz CT molecular complexity index is 993. The first kappa shape index (κ1) is 20.6. The number of rotatable bonds is 6. The molecule has 3 atom stereocenters. The monoisotopic (exact) mass is 404 g/mol. The number of aromatic nitrogens is 2. The van der Waals surface area contributed by atoms with Crippen LogP contribution in [-0.2, 0) is 22.5 Å². The summed E-state index contributed by atoms with van der Waals surface area (Å²) in [6.45, 7) is 6.95. The van der Waals surface area contributed by atoms with Gasteiger partial charge in [0.05, 0.1) is 11.0 Å². The van der Waals surface area contributed by atoms with Crippen molar-refractivity contribution in [1.29, 1.82) is 0 Å². The van der Waals surface area contributed by atoms with E-state index in [-0.39, 0.29) is 18.6 Å². The number of carbonyl (C=O) groups is 1. The summed E-state index contributed by atoms with van der Waals surface area (Å²) in [5.74, 6) is 2.33. The second kappa shape index (κ2) is 9.03. The van der Waals surface area contributed by atoms with Gasteiger partial charge in [0.1, 0.15) is 18.5 Å². The van der Waals surface area contributed by atoms with Gasteiger partial charge in [-0.15, -0.1) is 0 Å². The van der Waals surface area contributed by atoms with Gasteiger partial charge in [0.25, 0.3) is 0 Å². The van der Waals surface area contributed by atoms with E-state index < -0.39 is 0 Å². The van der Waals surface area contributed by atoms with Crippen molar-refractivity contribution in [2.45, 2.75) is 59.1 Å². The Morgan fingerprint density at radius 2 is 1.83 bits per heavy atom. The van der Waals surface area contributed by atoms with E-state index in [1.54, 1.807) is 0 Å². The molecule has 0 bridgehead atoms. The van der Waals surface area contributed by atoms with Crippen molar-refractivity contribution in [3.8, 4) is 0 Å². The molecule has 4 nitrogen and oxygen atoms in total. The number of hydrogen-bond acceptors (Lipinski definition) is 3. The van der Waals surface area contributed by atoms with Crippen molar-refractivity contribution < 1.29 is 9.53 Å². The van der Waals surface area contributed by atoms with Crippen LogP contribution in [0, 0.1) is 17.8 Å². The molecule has 3 aromatic rings. The number of benzene rings is 2. The molecule has 0 saturated heterocycles. The normalized spacial score (nSPS) is 21.8. The molecule has 1 unspecified atom stereocenters. The maximum atomic E-state index is 13.0. The molecule has 1 heterocycles. The second-order valence-electron chi connectivity index (χ2n) is 9.12. The molecule has 2 aromatic carbocycles. The highest BCUT2D eigenvalue weighted by molar-refractivity contribution is 5.79. The average molecular weight is 405 g/mol. The van der Waals surface area contributed by atoms with Crippen LogP contribution in [0.4, 0.5) is 0 Å². The third kappa shape index (κ3) is 4.58. The van der Waals surface area contributed by atoms with Gasteiger partial charge in [-0.2, -0.15) is 0 Å². The zero-order valence-corrected chi connectivity index (χ0v) is 18.3. The summed E-state index contributed by atoms with van der Waals surface area (Å²) < 4.78 is 8.10. The van der Waals surface area contributed by atoms with E-state index in [0.29, 0.717) is 24.2 Å². The first-order valence-corrected chi connectivity index (χ1v) is 11.2. The highest BCUT2D eigenvalue weighted by Crippen LogP contribution is 2.35.